The monoisotopic (exact) mass is 516 g/mol. The smallest absolute Gasteiger partial charge is 0.329 e. The molecule has 3 aromatic carbocycles. The molecule has 1 unspecified atom stereocenters. The molecule has 5 rings (SSSR count). The van der Waals surface area contributed by atoms with E-state index in [0.717, 1.165) is 33.7 Å². The number of carbonyl (C=O) groups is 2. The zero-order valence-electron chi connectivity index (χ0n) is 21.7. The van der Waals surface area contributed by atoms with E-state index in [-0.39, 0.29) is 18.4 Å². The summed E-state index contributed by atoms with van der Waals surface area (Å²) >= 11 is 0. The van der Waals surface area contributed by atoms with Gasteiger partial charge in [0.05, 0.1) is 12.5 Å². The van der Waals surface area contributed by atoms with Gasteiger partial charge in [0.15, 0.2) is 0 Å². The highest BCUT2D eigenvalue weighted by Gasteiger charge is 2.19. The van der Waals surface area contributed by atoms with E-state index >= 15 is 0 Å². The zero-order chi connectivity index (χ0) is 27.4. The fraction of sp³-hybridized carbons (Fsp3) is 0.121. The number of hydrogen-bond donors (Lipinski definition) is 2. The molecule has 1 amide bonds. The number of rotatable bonds is 8. The fourth-order valence-corrected chi connectivity index (χ4v) is 4.82. The lowest BCUT2D eigenvalue weighted by molar-refractivity contribution is -0.131. The van der Waals surface area contributed by atoms with Gasteiger partial charge >= 0.3 is 5.97 Å². The molecule has 6 nitrogen and oxygen atoms in total. The zero-order valence-corrected chi connectivity index (χ0v) is 21.7. The third-order valence-electron chi connectivity index (χ3n) is 6.64. The molecule has 0 aliphatic heterocycles. The van der Waals surface area contributed by atoms with Crippen molar-refractivity contribution in [3.05, 3.63) is 143 Å². The first kappa shape index (κ1) is 25.7. The van der Waals surface area contributed by atoms with Crippen molar-refractivity contribution in [1.82, 2.24) is 10.3 Å². The molecule has 0 fully saturated rings. The summed E-state index contributed by atoms with van der Waals surface area (Å²) in [6.07, 6.45) is 4.52. The van der Waals surface area contributed by atoms with Crippen LogP contribution in [0.5, 0.6) is 0 Å². The van der Waals surface area contributed by atoms with Crippen molar-refractivity contribution in [2.45, 2.75) is 26.3 Å². The second-order valence-corrected chi connectivity index (χ2v) is 9.56. The third-order valence-corrected chi connectivity index (χ3v) is 6.64. The van der Waals surface area contributed by atoms with E-state index < -0.39 is 5.97 Å². The summed E-state index contributed by atoms with van der Waals surface area (Å²) in [5.74, 6) is -0.745. The van der Waals surface area contributed by atoms with Crippen molar-refractivity contribution < 1.29 is 19.1 Å². The van der Waals surface area contributed by atoms with Crippen molar-refractivity contribution in [2.24, 2.45) is 0 Å². The van der Waals surface area contributed by atoms with Gasteiger partial charge in [0.1, 0.15) is 11.3 Å². The molecule has 6 heteroatoms. The standard InChI is InChI=1S/C33H28N2O4/c1-21-8-10-27(22(2)16-21)33(25-6-4-3-5-7-25)35-31(36)18-23-9-11-29-26(17-23)19-30(39-29)28(20-32(37)38)24-12-14-34-15-13-24/h3-17,19-20,33H,18H2,1-2H3,(H,35,36)(H,37,38)/b28-20+. The van der Waals surface area contributed by atoms with Crippen molar-refractivity contribution in [3.63, 3.8) is 0 Å². The summed E-state index contributed by atoms with van der Waals surface area (Å²) in [7, 11) is 0. The van der Waals surface area contributed by atoms with Gasteiger partial charge in [-0.3, -0.25) is 9.78 Å². The van der Waals surface area contributed by atoms with Crippen molar-refractivity contribution >= 4 is 28.4 Å². The van der Waals surface area contributed by atoms with Crippen LogP contribution in [0.1, 0.15) is 45.2 Å². The van der Waals surface area contributed by atoms with Crippen LogP contribution in [0.25, 0.3) is 16.5 Å². The van der Waals surface area contributed by atoms with E-state index in [4.69, 9.17) is 4.42 Å². The SMILES string of the molecule is Cc1ccc(C(NC(=O)Cc2ccc3oc(/C(=C/C(=O)O)c4ccncc4)cc3c2)c2ccccc2)c(C)c1. The van der Waals surface area contributed by atoms with Gasteiger partial charge in [0.25, 0.3) is 0 Å². The molecule has 2 aromatic heterocycles. The minimum atomic E-state index is -1.07. The number of aromatic nitrogens is 1. The Morgan fingerprint density at radius 2 is 1.72 bits per heavy atom. The molecule has 2 N–H and O–H groups in total. The number of furan rings is 1. The van der Waals surface area contributed by atoms with Crippen LogP contribution in [0.4, 0.5) is 0 Å². The highest BCUT2D eigenvalue weighted by atomic mass is 16.4. The number of aliphatic carboxylic acids is 1. The maximum atomic E-state index is 13.3. The number of aryl methyl sites for hydroxylation is 2. The first-order valence-corrected chi connectivity index (χ1v) is 12.7. The van der Waals surface area contributed by atoms with Crippen LogP contribution in [0, 0.1) is 13.8 Å². The van der Waals surface area contributed by atoms with Crippen LogP contribution in [0.3, 0.4) is 0 Å². The number of carbonyl (C=O) groups excluding carboxylic acids is 1. The lowest BCUT2D eigenvalue weighted by Gasteiger charge is -2.22. The largest absolute Gasteiger partial charge is 0.478 e. The van der Waals surface area contributed by atoms with Gasteiger partial charge in [0.2, 0.25) is 5.91 Å². The van der Waals surface area contributed by atoms with Gasteiger partial charge < -0.3 is 14.8 Å². The normalized spacial score (nSPS) is 12.3. The third kappa shape index (κ3) is 5.96. The topological polar surface area (TPSA) is 92.4 Å². The first-order chi connectivity index (χ1) is 18.9. The van der Waals surface area contributed by atoms with Gasteiger partial charge in [0, 0.05) is 29.4 Å². The molecule has 0 radical (unpaired) electrons. The summed E-state index contributed by atoms with van der Waals surface area (Å²) in [6.45, 7) is 4.12. The number of pyridine rings is 1. The molecule has 194 valence electrons. The van der Waals surface area contributed by atoms with Gasteiger partial charge in [-0.15, -0.1) is 0 Å². The van der Waals surface area contributed by atoms with Gasteiger partial charge in [-0.25, -0.2) is 4.79 Å². The van der Waals surface area contributed by atoms with Gasteiger partial charge in [-0.05, 0) is 72.0 Å². The lowest BCUT2D eigenvalue weighted by atomic mass is 9.93. The Kier molecular flexibility index (Phi) is 7.37. The molecular formula is C33H28N2O4. The number of carboxylic acids is 1. The number of hydrogen-bond acceptors (Lipinski definition) is 4. The van der Waals surface area contributed by atoms with Gasteiger partial charge in [-0.2, -0.15) is 0 Å². The Bertz CT molecular complexity index is 1670. The Labute approximate surface area is 226 Å². The van der Waals surface area contributed by atoms with Crippen molar-refractivity contribution in [2.75, 3.05) is 0 Å². The number of amides is 1. The quantitative estimate of drug-likeness (QED) is 0.233. The predicted molar refractivity (Wildman–Crippen MR) is 151 cm³/mol. The minimum absolute atomic E-state index is 0.102. The van der Waals surface area contributed by atoms with E-state index in [0.29, 0.717) is 22.5 Å². The first-order valence-electron chi connectivity index (χ1n) is 12.7. The maximum absolute atomic E-state index is 13.3. The van der Waals surface area contributed by atoms with Crippen LogP contribution in [-0.4, -0.2) is 22.0 Å². The van der Waals surface area contributed by atoms with E-state index in [2.05, 4.69) is 42.3 Å². The summed E-state index contributed by atoms with van der Waals surface area (Å²) in [6, 6.07) is 26.8. The van der Waals surface area contributed by atoms with Crippen molar-refractivity contribution in [3.8, 4) is 0 Å². The van der Waals surface area contributed by atoms with Crippen molar-refractivity contribution in [1.29, 1.82) is 0 Å². The van der Waals surface area contributed by atoms with Crippen LogP contribution in [0.15, 0.2) is 108 Å². The molecule has 39 heavy (non-hydrogen) atoms. The van der Waals surface area contributed by atoms with E-state index in [1.807, 2.05) is 48.5 Å². The Hall–Kier alpha value is -4.97. The average Bonchev–Trinajstić information content (AvgIpc) is 3.35. The Morgan fingerprint density at radius 3 is 2.44 bits per heavy atom. The highest BCUT2D eigenvalue weighted by Crippen LogP contribution is 2.30. The second-order valence-electron chi connectivity index (χ2n) is 9.56. The molecule has 0 saturated carbocycles. The number of carboxylic acid groups (broad SMARTS) is 1. The van der Waals surface area contributed by atoms with E-state index in [9.17, 15) is 14.7 Å². The Morgan fingerprint density at radius 1 is 0.949 bits per heavy atom. The number of nitrogens with one attached hydrogen (secondary N) is 1. The van der Waals surface area contributed by atoms with Gasteiger partial charge in [-0.1, -0.05) is 60.2 Å². The molecular weight excluding hydrogens is 488 g/mol. The molecule has 0 saturated heterocycles. The van der Waals surface area contributed by atoms with E-state index in [1.165, 1.54) is 5.56 Å². The summed E-state index contributed by atoms with van der Waals surface area (Å²) in [4.78, 5) is 28.8. The van der Waals surface area contributed by atoms with Crippen LogP contribution in [0.2, 0.25) is 0 Å². The highest BCUT2D eigenvalue weighted by molar-refractivity contribution is 5.96. The molecule has 0 bridgehead atoms. The number of fused-ring (bicyclic) bond motifs is 1. The maximum Gasteiger partial charge on any atom is 0.329 e. The van der Waals surface area contributed by atoms with Crippen LogP contribution in [-0.2, 0) is 16.0 Å². The molecule has 1 atom stereocenters. The summed E-state index contributed by atoms with van der Waals surface area (Å²) in [5.41, 5.74) is 6.93. The Balaban J connectivity index is 1.40. The second kappa shape index (κ2) is 11.2. The summed E-state index contributed by atoms with van der Waals surface area (Å²) < 4.78 is 6.00. The molecule has 2 heterocycles. The molecule has 5 aromatic rings. The molecule has 0 spiro atoms. The number of nitrogens with zero attached hydrogens (tertiary/aromatic N) is 1. The number of benzene rings is 3. The fourth-order valence-electron chi connectivity index (χ4n) is 4.82. The summed E-state index contributed by atoms with van der Waals surface area (Å²) in [5, 5.41) is 13.4. The van der Waals surface area contributed by atoms with Crippen LogP contribution >= 0.6 is 0 Å². The molecule has 0 aliphatic rings. The predicted octanol–water partition coefficient (Wildman–Crippen LogP) is 6.41. The van der Waals surface area contributed by atoms with E-state index in [1.54, 1.807) is 30.6 Å². The average molecular weight is 517 g/mol. The molecule has 0 aliphatic carbocycles. The lowest BCUT2D eigenvalue weighted by Crippen LogP contribution is -2.31. The van der Waals surface area contributed by atoms with Crippen LogP contribution < -0.4 is 5.32 Å². The minimum Gasteiger partial charge on any atom is -0.478 e.